The Morgan fingerprint density at radius 2 is 2.60 bits per heavy atom. The molecule has 1 aromatic heterocycles. The van der Waals surface area contributed by atoms with Crippen LogP contribution in [-0.2, 0) is 0 Å². The predicted molar refractivity (Wildman–Crippen MR) is 37.2 cm³/mol. The quantitative estimate of drug-likeness (QED) is 0.376. The molecule has 0 radical (unpaired) electrons. The minimum Gasteiger partial charge on any atom is -0.411 e. The first-order valence-electron chi connectivity index (χ1n) is 2.99. The van der Waals surface area contributed by atoms with Gasteiger partial charge in [-0.3, -0.25) is 0 Å². The molecule has 10 heavy (non-hydrogen) atoms. The molecule has 0 saturated carbocycles. The molecule has 1 heterocycles. The number of nitrogens with zero attached hydrogens (tertiary/aromatic N) is 3. The Bertz CT molecular complexity index is 205. The van der Waals surface area contributed by atoms with Crippen molar-refractivity contribution < 1.29 is 5.21 Å². The van der Waals surface area contributed by atoms with Gasteiger partial charge in [0.25, 0.3) is 0 Å². The van der Waals surface area contributed by atoms with Gasteiger partial charge in [-0.2, -0.15) is 0 Å². The summed E-state index contributed by atoms with van der Waals surface area (Å²) in [6, 6.07) is 0.0625. The molecule has 0 aliphatic rings. The summed E-state index contributed by atoms with van der Waals surface area (Å²) in [6.45, 7) is 1.90. The molecule has 4 heteroatoms. The van der Waals surface area contributed by atoms with E-state index in [9.17, 15) is 0 Å². The van der Waals surface area contributed by atoms with E-state index in [-0.39, 0.29) is 6.04 Å². The zero-order valence-corrected chi connectivity index (χ0v) is 5.68. The fourth-order valence-corrected chi connectivity index (χ4v) is 0.684. The van der Waals surface area contributed by atoms with Gasteiger partial charge in [-0.1, -0.05) is 5.16 Å². The van der Waals surface area contributed by atoms with Gasteiger partial charge in [0.2, 0.25) is 0 Å². The van der Waals surface area contributed by atoms with Crippen LogP contribution in [0.25, 0.3) is 0 Å². The van der Waals surface area contributed by atoms with Crippen LogP contribution in [0, 0.1) is 0 Å². The maximum absolute atomic E-state index is 8.17. The Balaban J connectivity index is 2.67. The molecule has 4 nitrogen and oxygen atoms in total. The van der Waals surface area contributed by atoms with Crippen LogP contribution in [-0.4, -0.2) is 21.0 Å². The third kappa shape index (κ3) is 1.34. The van der Waals surface area contributed by atoms with E-state index in [1.807, 2.05) is 17.7 Å². The van der Waals surface area contributed by atoms with Crippen molar-refractivity contribution >= 4 is 6.21 Å². The number of hydrogen-bond acceptors (Lipinski definition) is 3. The molecular formula is C6H9N3O. The molecule has 0 aromatic carbocycles. The molecule has 1 aromatic rings. The minimum atomic E-state index is 0.0625. The van der Waals surface area contributed by atoms with Crippen LogP contribution in [0.5, 0.6) is 0 Å². The minimum absolute atomic E-state index is 0.0625. The molecule has 0 aliphatic heterocycles. The van der Waals surface area contributed by atoms with Gasteiger partial charge in [0, 0.05) is 12.4 Å². The lowest BCUT2D eigenvalue weighted by molar-refractivity contribution is 0.318. The highest BCUT2D eigenvalue weighted by Crippen LogP contribution is 1.99. The van der Waals surface area contributed by atoms with Gasteiger partial charge in [0.1, 0.15) is 0 Å². The van der Waals surface area contributed by atoms with E-state index in [1.54, 1.807) is 12.5 Å². The Morgan fingerprint density at radius 1 is 1.80 bits per heavy atom. The molecule has 0 amide bonds. The van der Waals surface area contributed by atoms with Crippen molar-refractivity contribution in [2.75, 3.05) is 0 Å². The van der Waals surface area contributed by atoms with E-state index in [0.717, 1.165) is 0 Å². The molecule has 0 saturated heterocycles. The van der Waals surface area contributed by atoms with Gasteiger partial charge >= 0.3 is 0 Å². The zero-order chi connectivity index (χ0) is 7.40. The lowest BCUT2D eigenvalue weighted by Gasteiger charge is -2.03. The molecule has 1 unspecified atom stereocenters. The van der Waals surface area contributed by atoms with Crippen molar-refractivity contribution in [2.24, 2.45) is 5.16 Å². The van der Waals surface area contributed by atoms with Gasteiger partial charge in [-0.05, 0) is 6.92 Å². The molecule has 0 bridgehead atoms. The summed E-state index contributed by atoms with van der Waals surface area (Å²) in [4.78, 5) is 3.85. The van der Waals surface area contributed by atoms with Crippen molar-refractivity contribution in [1.82, 2.24) is 9.55 Å². The van der Waals surface area contributed by atoms with E-state index in [0.29, 0.717) is 0 Å². The normalized spacial score (nSPS) is 14.1. The van der Waals surface area contributed by atoms with Crippen LogP contribution in [0.3, 0.4) is 0 Å². The molecule has 1 rings (SSSR count). The molecular weight excluding hydrogens is 130 g/mol. The van der Waals surface area contributed by atoms with Crippen molar-refractivity contribution in [3.63, 3.8) is 0 Å². The standard InChI is InChI=1S/C6H9N3O/c1-6(4-8-10)9-3-2-7-5-9/h2-6,10H,1H3/b8-4+. The number of aromatic nitrogens is 2. The van der Waals surface area contributed by atoms with Crippen LogP contribution in [0.2, 0.25) is 0 Å². The van der Waals surface area contributed by atoms with Crippen LogP contribution in [0.4, 0.5) is 0 Å². The summed E-state index contributed by atoms with van der Waals surface area (Å²) in [5, 5.41) is 11.1. The third-order valence-electron chi connectivity index (χ3n) is 1.28. The van der Waals surface area contributed by atoms with Gasteiger partial charge in [0.15, 0.2) is 0 Å². The number of oxime groups is 1. The van der Waals surface area contributed by atoms with Crippen molar-refractivity contribution in [1.29, 1.82) is 0 Å². The summed E-state index contributed by atoms with van der Waals surface area (Å²) in [7, 11) is 0. The lowest BCUT2D eigenvalue weighted by Crippen LogP contribution is -2.02. The molecule has 1 N–H and O–H groups in total. The van der Waals surface area contributed by atoms with Crippen molar-refractivity contribution in [3.05, 3.63) is 18.7 Å². The maximum atomic E-state index is 8.17. The summed E-state index contributed by atoms with van der Waals surface area (Å²) in [5.74, 6) is 0. The molecule has 1 atom stereocenters. The maximum Gasteiger partial charge on any atom is 0.0951 e. The van der Waals surface area contributed by atoms with Crippen LogP contribution >= 0.6 is 0 Å². The average molecular weight is 139 g/mol. The van der Waals surface area contributed by atoms with E-state index in [4.69, 9.17) is 5.21 Å². The molecule has 0 spiro atoms. The number of hydrogen-bond donors (Lipinski definition) is 1. The monoisotopic (exact) mass is 139 g/mol. The second-order valence-electron chi connectivity index (χ2n) is 2.02. The predicted octanol–water partition coefficient (Wildman–Crippen LogP) is 0.904. The van der Waals surface area contributed by atoms with Crippen LogP contribution in [0.15, 0.2) is 23.9 Å². The van der Waals surface area contributed by atoms with E-state index >= 15 is 0 Å². The SMILES string of the molecule is CC(/C=N/O)n1ccnc1. The number of imidazole rings is 1. The topological polar surface area (TPSA) is 50.4 Å². The summed E-state index contributed by atoms with van der Waals surface area (Å²) < 4.78 is 1.83. The van der Waals surface area contributed by atoms with E-state index in [2.05, 4.69) is 10.1 Å². The Hall–Kier alpha value is -1.32. The second kappa shape index (κ2) is 3.00. The fourth-order valence-electron chi connectivity index (χ4n) is 0.684. The van der Waals surface area contributed by atoms with Crippen molar-refractivity contribution in [3.8, 4) is 0 Å². The van der Waals surface area contributed by atoms with Gasteiger partial charge < -0.3 is 9.77 Å². The Morgan fingerprint density at radius 3 is 3.10 bits per heavy atom. The summed E-state index contributed by atoms with van der Waals surface area (Å²) in [6.07, 6.45) is 6.60. The van der Waals surface area contributed by atoms with Gasteiger partial charge in [-0.15, -0.1) is 0 Å². The van der Waals surface area contributed by atoms with E-state index in [1.165, 1.54) is 6.21 Å². The van der Waals surface area contributed by atoms with E-state index < -0.39 is 0 Å². The Labute approximate surface area is 58.8 Å². The largest absolute Gasteiger partial charge is 0.411 e. The third-order valence-corrected chi connectivity index (χ3v) is 1.28. The first kappa shape index (κ1) is 6.80. The second-order valence-corrected chi connectivity index (χ2v) is 2.02. The smallest absolute Gasteiger partial charge is 0.0951 e. The summed E-state index contributed by atoms with van der Waals surface area (Å²) >= 11 is 0. The first-order valence-corrected chi connectivity index (χ1v) is 2.99. The highest BCUT2D eigenvalue weighted by molar-refractivity contribution is 5.61. The molecule has 0 fully saturated rings. The fraction of sp³-hybridized carbons (Fsp3) is 0.333. The molecule has 0 aliphatic carbocycles. The van der Waals surface area contributed by atoms with Gasteiger partial charge in [-0.25, -0.2) is 4.98 Å². The average Bonchev–Trinajstić information content (AvgIpc) is 2.38. The number of rotatable bonds is 2. The first-order chi connectivity index (χ1) is 4.84. The highest BCUT2D eigenvalue weighted by atomic mass is 16.4. The molecule has 54 valence electrons. The Kier molecular flexibility index (Phi) is 2.04. The van der Waals surface area contributed by atoms with Gasteiger partial charge in [0.05, 0.1) is 18.6 Å². The zero-order valence-electron chi connectivity index (χ0n) is 5.68. The highest BCUT2D eigenvalue weighted by Gasteiger charge is 1.97. The van der Waals surface area contributed by atoms with Crippen molar-refractivity contribution in [2.45, 2.75) is 13.0 Å². The lowest BCUT2D eigenvalue weighted by atomic mass is 10.4. The van der Waals surface area contributed by atoms with Crippen LogP contribution < -0.4 is 0 Å². The van der Waals surface area contributed by atoms with Crippen LogP contribution in [0.1, 0.15) is 13.0 Å². The summed E-state index contributed by atoms with van der Waals surface area (Å²) in [5.41, 5.74) is 0.